The molecule has 0 fully saturated rings. The number of fused-ring (bicyclic) bond motifs is 3. The molecule has 0 bridgehead atoms. The number of aliphatic imine (C=N–C) groups is 2. The number of nitrogens with zero attached hydrogens (tertiary/aromatic N) is 2. The van der Waals surface area contributed by atoms with Gasteiger partial charge in [-0.15, -0.1) is 0 Å². The summed E-state index contributed by atoms with van der Waals surface area (Å²) in [5.74, 6) is 1.55. The van der Waals surface area contributed by atoms with Crippen molar-refractivity contribution in [1.82, 2.24) is 5.32 Å². The topological polar surface area (TPSA) is 36.8 Å². The van der Waals surface area contributed by atoms with E-state index in [1.54, 1.807) is 0 Å². The summed E-state index contributed by atoms with van der Waals surface area (Å²) in [6.07, 6.45) is 8.60. The fraction of sp³-hybridized carbons (Fsp3) is 0.0870. The monoisotopic (exact) mass is 629 g/mol. The van der Waals surface area contributed by atoms with Crippen LogP contribution in [0.1, 0.15) is 63.5 Å². The van der Waals surface area contributed by atoms with Gasteiger partial charge in [-0.2, -0.15) is 0 Å². The third-order valence-corrected chi connectivity index (χ3v) is 10.1. The zero-order valence-corrected chi connectivity index (χ0v) is 27.1. The molecule has 9 rings (SSSR count). The van der Waals surface area contributed by atoms with E-state index in [4.69, 9.17) is 9.98 Å². The Morgan fingerprint density at radius 1 is 0.551 bits per heavy atom. The van der Waals surface area contributed by atoms with Gasteiger partial charge < -0.3 is 5.32 Å². The van der Waals surface area contributed by atoms with Crippen LogP contribution in [0.25, 0.3) is 16.7 Å². The highest BCUT2D eigenvalue weighted by Crippen LogP contribution is 2.56. The van der Waals surface area contributed by atoms with Crippen molar-refractivity contribution < 1.29 is 0 Å². The number of allylic oxidation sites excluding steroid dienone is 4. The molecule has 0 spiro atoms. The van der Waals surface area contributed by atoms with Gasteiger partial charge in [0.2, 0.25) is 0 Å². The Morgan fingerprint density at radius 3 is 1.86 bits per heavy atom. The van der Waals surface area contributed by atoms with Crippen molar-refractivity contribution in [1.29, 1.82) is 0 Å². The van der Waals surface area contributed by atoms with Gasteiger partial charge in [-0.3, -0.25) is 0 Å². The molecule has 6 aromatic carbocycles. The van der Waals surface area contributed by atoms with Crippen molar-refractivity contribution in [2.45, 2.75) is 24.4 Å². The van der Waals surface area contributed by atoms with Gasteiger partial charge >= 0.3 is 0 Å². The molecule has 1 N–H and O–H groups in total. The predicted molar refractivity (Wildman–Crippen MR) is 202 cm³/mol. The van der Waals surface area contributed by atoms with Crippen LogP contribution in [-0.2, 0) is 5.41 Å². The summed E-state index contributed by atoms with van der Waals surface area (Å²) in [5.41, 5.74) is 12.7. The first-order chi connectivity index (χ1) is 24.3. The van der Waals surface area contributed by atoms with E-state index in [0.717, 1.165) is 41.2 Å². The molecule has 1 atom stereocenters. The summed E-state index contributed by atoms with van der Waals surface area (Å²) in [6, 6.07) is 56.6. The van der Waals surface area contributed by atoms with Crippen LogP contribution in [0.2, 0.25) is 0 Å². The van der Waals surface area contributed by atoms with E-state index in [-0.39, 0.29) is 6.17 Å². The highest BCUT2D eigenvalue weighted by atomic mass is 15.2. The third-order valence-electron chi connectivity index (χ3n) is 10.1. The fourth-order valence-electron chi connectivity index (χ4n) is 7.86. The van der Waals surface area contributed by atoms with E-state index in [2.05, 4.69) is 175 Å². The van der Waals surface area contributed by atoms with Crippen LogP contribution in [-0.4, -0.2) is 11.7 Å². The maximum absolute atomic E-state index is 5.30. The first kappa shape index (κ1) is 29.1. The first-order valence-electron chi connectivity index (χ1n) is 17.1. The van der Waals surface area contributed by atoms with Gasteiger partial charge in [-0.05, 0) is 69.0 Å². The maximum Gasteiger partial charge on any atom is 0.159 e. The van der Waals surface area contributed by atoms with Gasteiger partial charge in [0.15, 0.2) is 5.84 Å². The first-order valence-corrected chi connectivity index (χ1v) is 17.1. The summed E-state index contributed by atoms with van der Waals surface area (Å²) in [5, 5.41) is 3.80. The molecule has 234 valence electrons. The Balaban J connectivity index is 1.23. The smallest absolute Gasteiger partial charge is 0.159 e. The molecule has 0 amide bonds. The Hall–Kier alpha value is -6.06. The fourth-order valence-corrected chi connectivity index (χ4v) is 7.86. The number of amidine groups is 2. The molecule has 2 aliphatic carbocycles. The molecule has 3 nitrogen and oxygen atoms in total. The number of hydrogen-bond acceptors (Lipinski definition) is 3. The Kier molecular flexibility index (Phi) is 7.24. The lowest BCUT2D eigenvalue weighted by Crippen LogP contribution is -2.34. The molecule has 1 unspecified atom stereocenters. The van der Waals surface area contributed by atoms with E-state index in [0.29, 0.717) is 0 Å². The van der Waals surface area contributed by atoms with Crippen LogP contribution in [0.4, 0.5) is 0 Å². The van der Waals surface area contributed by atoms with Crippen LogP contribution in [0, 0.1) is 0 Å². The van der Waals surface area contributed by atoms with E-state index >= 15 is 0 Å². The lowest BCUT2D eigenvalue weighted by atomic mass is 9.67. The largest absolute Gasteiger partial charge is 0.344 e. The highest BCUT2D eigenvalue weighted by molar-refractivity contribution is 6.14. The van der Waals surface area contributed by atoms with Crippen molar-refractivity contribution in [3.8, 4) is 11.1 Å². The summed E-state index contributed by atoms with van der Waals surface area (Å²) in [4.78, 5) is 10.5. The van der Waals surface area contributed by atoms with Crippen LogP contribution < -0.4 is 5.32 Å². The second kappa shape index (κ2) is 12.2. The van der Waals surface area contributed by atoms with E-state index in [1.165, 1.54) is 44.5 Å². The van der Waals surface area contributed by atoms with Crippen LogP contribution in [0.5, 0.6) is 0 Å². The molecule has 6 aromatic rings. The molecular formula is C46H35N3. The summed E-state index contributed by atoms with van der Waals surface area (Å²) in [7, 11) is 0. The van der Waals surface area contributed by atoms with Crippen molar-refractivity contribution >= 4 is 17.2 Å². The Labute approximate surface area is 287 Å². The van der Waals surface area contributed by atoms with Crippen molar-refractivity contribution in [2.75, 3.05) is 0 Å². The van der Waals surface area contributed by atoms with Crippen LogP contribution >= 0.6 is 0 Å². The molecule has 0 saturated carbocycles. The average molecular weight is 630 g/mol. The minimum Gasteiger partial charge on any atom is -0.344 e. The number of nitrogens with one attached hydrogen (secondary N) is 1. The SMILES string of the molecule is C1=CC(c2ccccc2C2=NC(c3ccccc3)=NC(c3ccc4c(c3)C(c3ccccc3)(c3ccccc3)c3ccccc3-4)N2)=CCC1. The van der Waals surface area contributed by atoms with E-state index < -0.39 is 5.41 Å². The minimum absolute atomic E-state index is 0.343. The zero-order valence-electron chi connectivity index (χ0n) is 27.1. The Morgan fingerprint density at radius 2 is 1.16 bits per heavy atom. The summed E-state index contributed by atoms with van der Waals surface area (Å²) >= 11 is 0. The molecule has 3 heteroatoms. The predicted octanol–water partition coefficient (Wildman–Crippen LogP) is 10.3. The van der Waals surface area contributed by atoms with E-state index in [9.17, 15) is 0 Å². The lowest BCUT2D eigenvalue weighted by molar-refractivity contribution is 0.669. The summed E-state index contributed by atoms with van der Waals surface area (Å²) < 4.78 is 0. The summed E-state index contributed by atoms with van der Waals surface area (Å²) in [6.45, 7) is 0. The van der Waals surface area contributed by atoms with Crippen molar-refractivity contribution in [2.24, 2.45) is 9.98 Å². The average Bonchev–Trinajstić information content (AvgIpc) is 3.49. The molecule has 0 aromatic heterocycles. The number of hydrogen-bond donors (Lipinski definition) is 1. The van der Waals surface area contributed by atoms with E-state index in [1.807, 2.05) is 6.07 Å². The quantitative estimate of drug-likeness (QED) is 0.195. The number of rotatable bonds is 6. The second-order valence-electron chi connectivity index (χ2n) is 12.8. The van der Waals surface area contributed by atoms with Gasteiger partial charge in [-0.25, -0.2) is 9.98 Å². The molecule has 0 radical (unpaired) electrons. The molecule has 1 aliphatic heterocycles. The highest BCUT2D eigenvalue weighted by Gasteiger charge is 2.46. The molecular weight excluding hydrogens is 595 g/mol. The maximum atomic E-state index is 5.30. The third kappa shape index (κ3) is 4.89. The van der Waals surface area contributed by atoms with Crippen molar-refractivity contribution in [3.63, 3.8) is 0 Å². The van der Waals surface area contributed by atoms with Gasteiger partial charge in [0.05, 0.1) is 5.41 Å². The lowest BCUT2D eigenvalue weighted by Gasteiger charge is -2.34. The van der Waals surface area contributed by atoms with Gasteiger partial charge in [0.1, 0.15) is 12.0 Å². The van der Waals surface area contributed by atoms with Gasteiger partial charge in [-0.1, -0.05) is 170 Å². The minimum atomic E-state index is -0.478. The number of benzene rings is 6. The molecule has 49 heavy (non-hydrogen) atoms. The molecule has 3 aliphatic rings. The normalized spacial score (nSPS) is 17.2. The van der Waals surface area contributed by atoms with Gasteiger partial charge in [0.25, 0.3) is 0 Å². The molecule has 1 heterocycles. The standard InChI is InChI=1S/C46H35N3/c1-5-17-32(18-6-1)37-25-13-14-27-40(37)45-48-43(33-19-7-2-8-20-33)47-44(49-45)34-29-30-39-38-26-15-16-28-41(38)46(42(39)31-34,35-21-9-3-10-22-35)36-23-11-4-12-24-36/h2-5,7-31,44H,1,6H2,(H,47,48,49). The van der Waals surface area contributed by atoms with Crippen molar-refractivity contribution in [3.05, 3.63) is 220 Å². The zero-order chi connectivity index (χ0) is 32.6. The van der Waals surface area contributed by atoms with Crippen LogP contribution in [0.15, 0.2) is 186 Å². The molecule has 0 saturated heterocycles. The Bertz CT molecular complexity index is 2260. The van der Waals surface area contributed by atoms with Gasteiger partial charge in [0, 0.05) is 11.1 Å². The van der Waals surface area contributed by atoms with Crippen LogP contribution in [0.3, 0.4) is 0 Å². The second-order valence-corrected chi connectivity index (χ2v) is 12.8.